The maximum absolute atomic E-state index is 12.6. The molecule has 0 saturated carbocycles. The Hall–Kier alpha value is -3.45. The highest BCUT2D eigenvalue weighted by Crippen LogP contribution is 2.28. The quantitative estimate of drug-likeness (QED) is 0.450. The van der Waals surface area contributed by atoms with Crippen molar-refractivity contribution in [3.8, 4) is 11.5 Å². The van der Waals surface area contributed by atoms with Crippen LogP contribution in [0.25, 0.3) is 10.2 Å². The molecule has 146 valence electrons. The van der Waals surface area contributed by atoms with Crippen LogP contribution in [0, 0.1) is 6.92 Å². The van der Waals surface area contributed by atoms with Gasteiger partial charge in [0.15, 0.2) is 11.5 Å². The van der Waals surface area contributed by atoms with Gasteiger partial charge >= 0.3 is 0 Å². The van der Waals surface area contributed by atoms with Crippen LogP contribution >= 0.6 is 11.3 Å². The molecule has 0 bridgehead atoms. The van der Waals surface area contributed by atoms with Crippen LogP contribution in [0.4, 0.5) is 0 Å². The van der Waals surface area contributed by atoms with Crippen LogP contribution in [-0.4, -0.2) is 23.0 Å². The molecule has 0 aliphatic carbocycles. The van der Waals surface area contributed by atoms with Crippen molar-refractivity contribution in [1.29, 1.82) is 0 Å². The van der Waals surface area contributed by atoms with Gasteiger partial charge in [-0.25, -0.2) is 4.98 Å². The summed E-state index contributed by atoms with van der Waals surface area (Å²) in [6.45, 7) is 2.19. The van der Waals surface area contributed by atoms with Crippen LogP contribution in [0.2, 0.25) is 0 Å². The average Bonchev–Trinajstić information content (AvgIpc) is 3.21. The van der Waals surface area contributed by atoms with E-state index in [1.54, 1.807) is 26.3 Å². The number of fused-ring (bicyclic) bond motifs is 1. The fourth-order valence-corrected chi connectivity index (χ4v) is 3.69. The summed E-state index contributed by atoms with van der Waals surface area (Å²) in [5, 5.41) is 6.77. The second kappa shape index (κ2) is 8.28. The molecule has 2 aromatic carbocycles. The Balaban J connectivity index is 1.61. The number of hydrogen-bond acceptors (Lipinski definition) is 6. The summed E-state index contributed by atoms with van der Waals surface area (Å²) < 4.78 is 12.6. The topological polar surface area (TPSA) is 65.7 Å². The smallest absolute Gasteiger partial charge is 0.282 e. The molecule has 7 heteroatoms. The molecule has 2 aromatic heterocycles. The van der Waals surface area contributed by atoms with E-state index in [4.69, 9.17) is 9.47 Å². The average molecular weight is 405 g/mol. The number of hydrogen-bond donors (Lipinski definition) is 0. The van der Waals surface area contributed by atoms with Crippen LogP contribution < -0.4 is 15.0 Å². The van der Waals surface area contributed by atoms with Crippen LogP contribution in [0.1, 0.15) is 17.0 Å². The molecule has 0 unspecified atom stereocenters. The van der Waals surface area contributed by atoms with Gasteiger partial charge in [0.05, 0.1) is 18.7 Å². The highest BCUT2D eigenvalue weighted by molar-refractivity contribution is 7.16. The molecule has 0 atom stereocenters. The molecule has 0 aliphatic rings. The Kier molecular flexibility index (Phi) is 5.39. The van der Waals surface area contributed by atoms with Crippen molar-refractivity contribution >= 4 is 27.8 Å². The van der Waals surface area contributed by atoms with Gasteiger partial charge in [-0.15, -0.1) is 11.3 Å². The number of rotatable bonds is 6. The standard InChI is InChI=1S/C22H19N3O3S/c1-15-24-21-18(10-11-29-21)22(26)25(15)23-13-17-8-9-19(27-2)20(12-17)28-14-16-6-4-3-5-7-16/h3-13H,14H2,1-2H3/b23-13-. The molecule has 29 heavy (non-hydrogen) atoms. The molecule has 0 saturated heterocycles. The zero-order valence-corrected chi connectivity index (χ0v) is 16.8. The number of aromatic nitrogens is 2. The SMILES string of the molecule is COc1ccc(/C=N\n2c(C)nc3sccc3c2=O)cc1OCc1ccccc1. The summed E-state index contributed by atoms with van der Waals surface area (Å²) >= 11 is 1.44. The largest absolute Gasteiger partial charge is 0.493 e. The summed E-state index contributed by atoms with van der Waals surface area (Å²) in [5.74, 6) is 1.78. The molecule has 0 radical (unpaired) electrons. The van der Waals surface area contributed by atoms with Gasteiger partial charge in [0.25, 0.3) is 5.56 Å². The number of ether oxygens (including phenoxy) is 2. The third-order valence-corrected chi connectivity index (χ3v) is 5.19. The maximum atomic E-state index is 12.6. The van der Waals surface area contributed by atoms with Crippen molar-refractivity contribution < 1.29 is 9.47 Å². The third kappa shape index (κ3) is 4.05. The van der Waals surface area contributed by atoms with E-state index >= 15 is 0 Å². The first kappa shape index (κ1) is 18.9. The number of aryl methyl sites for hydroxylation is 1. The molecule has 4 aromatic rings. The highest BCUT2D eigenvalue weighted by atomic mass is 32.1. The summed E-state index contributed by atoms with van der Waals surface area (Å²) in [6.07, 6.45) is 1.61. The van der Waals surface area contributed by atoms with Crippen LogP contribution in [0.15, 0.2) is 69.9 Å². The number of methoxy groups -OCH3 is 1. The van der Waals surface area contributed by atoms with E-state index < -0.39 is 0 Å². The lowest BCUT2D eigenvalue weighted by atomic mass is 10.2. The molecular weight excluding hydrogens is 386 g/mol. The van der Waals surface area contributed by atoms with Crippen molar-refractivity contribution in [2.24, 2.45) is 5.10 Å². The van der Waals surface area contributed by atoms with Crippen molar-refractivity contribution in [2.45, 2.75) is 13.5 Å². The van der Waals surface area contributed by atoms with Crippen molar-refractivity contribution in [1.82, 2.24) is 9.66 Å². The minimum atomic E-state index is -0.181. The van der Waals surface area contributed by atoms with Gasteiger partial charge in [-0.1, -0.05) is 30.3 Å². The van der Waals surface area contributed by atoms with E-state index in [9.17, 15) is 4.79 Å². The Morgan fingerprint density at radius 2 is 1.97 bits per heavy atom. The summed E-state index contributed by atoms with van der Waals surface area (Å²) in [6, 6.07) is 17.2. The lowest BCUT2D eigenvalue weighted by molar-refractivity contribution is 0.284. The Morgan fingerprint density at radius 3 is 2.76 bits per heavy atom. The Labute approximate surface area is 171 Å². The first-order valence-electron chi connectivity index (χ1n) is 9.01. The zero-order valence-electron chi connectivity index (χ0n) is 16.0. The number of nitrogens with zero attached hydrogens (tertiary/aromatic N) is 3. The highest BCUT2D eigenvalue weighted by Gasteiger charge is 2.09. The maximum Gasteiger partial charge on any atom is 0.282 e. The lowest BCUT2D eigenvalue weighted by Crippen LogP contribution is -2.19. The first-order valence-corrected chi connectivity index (χ1v) is 9.89. The predicted molar refractivity (Wildman–Crippen MR) is 115 cm³/mol. The monoisotopic (exact) mass is 405 g/mol. The molecule has 6 nitrogen and oxygen atoms in total. The normalized spacial score (nSPS) is 11.2. The summed E-state index contributed by atoms with van der Waals surface area (Å²) in [7, 11) is 1.60. The molecule has 0 aliphatic heterocycles. The Morgan fingerprint density at radius 1 is 1.14 bits per heavy atom. The fourth-order valence-electron chi connectivity index (χ4n) is 2.89. The molecule has 0 spiro atoms. The molecule has 0 fully saturated rings. The van der Waals surface area contributed by atoms with Gasteiger partial charge in [0, 0.05) is 0 Å². The van der Waals surface area contributed by atoms with E-state index in [2.05, 4.69) is 10.1 Å². The van der Waals surface area contributed by atoms with E-state index in [-0.39, 0.29) is 5.56 Å². The van der Waals surface area contributed by atoms with Crippen molar-refractivity contribution in [3.05, 3.63) is 87.3 Å². The van der Waals surface area contributed by atoms with Crippen LogP contribution in [0.3, 0.4) is 0 Å². The zero-order chi connectivity index (χ0) is 20.2. The molecule has 0 N–H and O–H groups in total. The van der Waals surface area contributed by atoms with Crippen LogP contribution in [-0.2, 0) is 6.61 Å². The third-order valence-electron chi connectivity index (χ3n) is 4.38. The molecule has 4 rings (SSSR count). The molecule has 2 heterocycles. The van der Waals surface area contributed by atoms with E-state index in [1.165, 1.54) is 16.0 Å². The van der Waals surface area contributed by atoms with Crippen molar-refractivity contribution in [2.75, 3.05) is 7.11 Å². The van der Waals surface area contributed by atoms with Gasteiger partial charge < -0.3 is 9.47 Å². The lowest BCUT2D eigenvalue weighted by Gasteiger charge is -2.11. The van der Waals surface area contributed by atoms with Gasteiger partial charge in [-0.3, -0.25) is 4.79 Å². The predicted octanol–water partition coefficient (Wildman–Crippen LogP) is 4.24. The van der Waals surface area contributed by atoms with Crippen molar-refractivity contribution in [3.63, 3.8) is 0 Å². The number of thiophene rings is 1. The minimum absolute atomic E-state index is 0.181. The summed E-state index contributed by atoms with van der Waals surface area (Å²) in [5.41, 5.74) is 1.66. The van der Waals surface area contributed by atoms with Gasteiger partial charge in [0.2, 0.25) is 0 Å². The van der Waals surface area contributed by atoms with Gasteiger partial charge in [-0.2, -0.15) is 9.78 Å². The van der Waals surface area contributed by atoms with E-state index in [0.717, 1.165) is 16.0 Å². The van der Waals surface area contributed by atoms with E-state index in [1.807, 2.05) is 53.9 Å². The second-order valence-corrected chi connectivity index (χ2v) is 7.24. The molecule has 0 amide bonds. The van der Waals surface area contributed by atoms with Gasteiger partial charge in [0.1, 0.15) is 17.3 Å². The Bertz CT molecular complexity index is 1230. The fraction of sp³-hybridized carbons (Fsp3) is 0.136. The number of benzene rings is 2. The second-order valence-electron chi connectivity index (χ2n) is 6.34. The van der Waals surface area contributed by atoms with Gasteiger partial charge in [-0.05, 0) is 47.7 Å². The molecular formula is C22H19N3O3S. The first-order chi connectivity index (χ1) is 14.2. The van der Waals surface area contributed by atoms with Crippen LogP contribution in [0.5, 0.6) is 11.5 Å². The minimum Gasteiger partial charge on any atom is -0.493 e. The summed E-state index contributed by atoms with van der Waals surface area (Å²) in [4.78, 5) is 17.8. The van der Waals surface area contributed by atoms with E-state index in [0.29, 0.717) is 29.3 Å².